The number of carboxylic acids is 1. The van der Waals surface area contributed by atoms with Crippen LogP contribution in [0.4, 0.5) is 18.9 Å². The SMILES string of the molecule is O=C(O)Cc1ccc2c(c1)N(C(=O)C(F)(F)F)CCC2. The zero-order chi connectivity index (χ0) is 14.9. The molecule has 0 atom stereocenters. The Bertz CT molecular complexity index is 554. The Balaban J connectivity index is 2.38. The monoisotopic (exact) mass is 287 g/mol. The fraction of sp³-hybridized carbons (Fsp3) is 0.385. The molecule has 1 aliphatic rings. The summed E-state index contributed by atoms with van der Waals surface area (Å²) in [5, 5.41) is 8.71. The highest BCUT2D eigenvalue weighted by Gasteiger charge is 2.44. The maximum Gasteiger partial charge on any atom is 0.471 e. The van der Waals surface area contributed by atoms with Crippen LogP contribution in [0.3, 0.4) is 0 Å². The van der Waals surface area contributed by atoms with Crippen LogP contribution in [0.1, 0.15) is 17.5 Å². The van der Waals surface area contributed by atoms with Crippen molar-refractivity contribution in [3.05, 3.63) is 29.3 Å². The first kappa shape index (κ1) is 14.4. The molecular formula is C13H12F3NO3. The van der Waals surface area contributed by atoms with Crippen molar-refractivity contribution in [2.75, 3.05) is 11.4 Å². The highest BCUT2D eigenvalue weighted by molar-refractivity contribution is 5.98. The van der Waals surface area contributed by atoms with Crippen LogP contribution < -0.4 is 4.90 Å². The lowest BCUT2D eigenvalue weighted by atomic mass is 9.98. The van der Waals surface area contributed by atoms with Gasteiger partial charge in [0, 0.05) is 12.2 Å². The van der Waals surface area contributed by atoms with Gasteiger partial charge >= 0.3 is 18.1 Å². The molecule has 108 valence electrons. The van der Waals surface area contributed by atoms with Crippen molar-refractivity contribution in [2.24, 2.45) is 0 Å². The first-order valence-corrected chi connectivity index (χ1v) is 6.01. The number of alkyl halides is 3. The van der Waals surface area contributed by atoms with Crippen LogP contribution in [0.2, 0.25) is 0 Å². The number of aliphatic carboxylic acids is 1. The molecule has 1 aromatic carbocycles. The van der Waals surface area contributed by atoms with Crippen molar-refractivity contribution in [3.8, 4) is 0 Å². The van der Waals surface area contributed by atoms with Crippen molar-refractivity contribution in [3.63, 3.8) is 0 Å². The molecule has 2 rings (SSSR count). The first-order chi connectivity index (χ1) is 9.29. The predicted molar refractivity (Wildman–Crippen MR) is 64.5 cm³/mol. The van der Waals surface area contributed by atoms with Crippen LogP contribution in [-0.4, -0.2) is 29.7 Å². The number of anilines is 1. The van der Waals surface area contributed by atoms with E-state index in [-0.39, 0.29) is 18.7 Å². The van der Waals surface area contributed by atoms with Crippen molar-refractivity contribution < 1.29 is 27.9 Å². The molecule has 1 heterocycles. The van der Waals surface area contributed by atoms with E-state index < -0.39 is 18.1 Å². The number of aryl methyl sites for hydroxylation is 1. The van der Waals surface area contributed by atoms with Crippen LogP contribution in [0.15, 0.2) is 18.2 Å². The van der Waals surface area contributed by atoms with Crippen LogP contribution >= 0.6 is 0 Å². The quantitative estimate of drug-likeness (QED) is 0.906. The number of rotatable bonds is 2. The lowest BCUT2D eigenvalue weighted by Gasteiger charge is -2.30. The van der Waals surface area contributed by atoms with Gasteiger partial charge in [-0.1, -0.05) is 12.1 Å². The summed E-state index contributed by atoms with van der Waals surface area (Å²) in [6.45, 7) is -0.0120. The predicted octanol–water partition coefficient (Wildman–Crippen LogP) is 2.16. The second-order valence-corrected chi connectivity index (χ2v) is 4.59. The van der Waals surface area contributed by atoms with Crippen molar-refractivity contribution in [1.29, 1.82) is 0 Å². The average molecular weight is 287 g/mol. The van der Waals surface area contributed by atoms with Gasteiger partial charge in [-0.05, 0) is 30.0 Å². The van der Waals surface area contributed by atoms with Crippen LogP contribution in [0.5, 0.6) is 0 Å². The molecule has 20 heavy (non-hydrogen) atoms. The molecule has 7 heteroatoms. The van der Waals surface area contributed by atoms with Gasteiger partial charge in [-0.2, -0.15) is 13.2 Å². The summed E-state index contributed by atoms with van der Waals surface area (Å²) in [4.78, 5) is 22.7. The fourth-order valence-electron chi connectivity index (χ4n) is 2.27. The fourth-order valence-corrected chi connectivity index (χ4v) is 2.27. The zero-order valence-electron chi connectivity index (χ0n) is 10.4. The molecule has 4 nitrogen and oxygen atoms in total. The molecule has 0 spiro atoms. The Labute approximate surface area is 112 Å². The van der Waals surface area contributed by atoms with E-state index in [1.165, 1.54) is 6.07 Å². The molecule has 1 amide bonds. The van der Waals surface area contributed by atoms with Gasteiger partial charge in [-0.15, -0.1) is 0 Å². The van der Waals surface area contributed by atoms with Crippen LogP contribution in [0.25, 0.3) is 0 Å². The van der Waals surface area contributed by atoms with E-state index >= 15 is 0 Å². The third-order valence-electron chi connectivity index (χ3n) is 3.11. The highest BCUT2D eigenvalue weighted by Crippen LogP contribution is 2.32. The number of halogens is 3. The van der Waals surface area contributed by atoms with Gasteiger partial charge in [-0.25, -0.2) is 0 Å². The lowest BCUT2D eigenvalue weighted by molar-refractivity contribution is -0.170. The molecule has 0 aromatic heterocycles. The van der Waals surface area contributed by atoms with E-state index in [4.69, 9.17) is 5.11 Å². The van der Waals surface area contributed by atoms with E-state index in [0.717, 1.165) is 0 Å². The molecule has 0 aliphatic carbocycles. The minimum absolute atomic E-state index is 0.0120. The number of carbonyl (C=O) groups is 2. The number of amides is 1. The highest BCUT2D eigenvalue weighted by atomic mass is 19.4. The molecule has 1 N–H and O–H groups in total. The topological polar surface area (TPSA) is 57.6 Å². The van der Waals surface area contributed by atoms with Gasteiger partial charge in [0.05, 0.1) is 6.42 Å². The Hall–Kier alpha value is -2.05. The molecule has 0 fully saturated rings. The largest absolute Gasteiger partial charge is 0.481 e. The minimum Gasteiger partial charge on any atom is -0.481 e. The van der Waals surface area contributed by atoms with Gasteiger partial charge in [0.15, 0.2) is 0 Å². The molecular weight excluding hydrogens is 275 g/mol. The lowest BCUT2D eigenvalue weighted by Crippen LogP contribution is -2.43. The summed E-state index contributed by atoms with van der Waals surface area (Å²) in [6, 6.07) is 4.50. The normalized spacial score (nSPS) is 14.8. The molecule has 0 saturated heterocycles. The number of hydrogen-bond acceptors (Lipinski definition) is 2. The molecule has 1 aliphatic heterocycles. The Kier molecular flexibility index (Phi) is 3.69. The van der Waals surface area contributed by atoms with Gasteiger partial charge in [0.2, 0.25) is 0 Å². The van der Waals surface area contributed by atoms with Gasteiger partial charge in [0.25, 0.3) is 0 Å². The molecule has 0 bridgehead atoms. The standard InChI is InChI=1S/C13H12F3NO3/c14-13(15,16)12(20)17-5-1-2-9-4-3-8(6-10(9)17)7-11(18)19/h3-4,6H,1-2,5,7H2,(H,18,19). The summed E-state index contributed by atoms with van der Waals surface area (Å²) >= 11 is 0. The zero-order valence-corrected chi connectivity index (χ0v) is 10.4. The Morgan fingerprint density at radius 1 is 1.30 bits per heavy atom. The molecule has 0 saturated carbocycles. The summed E-state index contributed by atoms with van der Waals surface area (Å²) < 4.78 is 37.7. The summed E-state index contributed by atoms with van der Waals surface area (Å²) in [5.41, 5.74) is 1.17. The van der Waals surface area contributed by atoms with Crippen LogP contribution in [-0.2, 0) is 22.4 Å². The third-order valence-corrected chi connectivity index (χ3v) is 3.11. The van der Waals surface area contributed by atoms with Crippen molar-refractivity contribution in [1.82, 2.24) is 0 Å². The van der Waals surface area contributed by atoms with Gasteiger partial charge < -0.3 is 10.0 Å². The van der Waals surface area contributed by atoms with Gasteiger partial charge in [0.1, 0.15) is 0 Å². The molecule has 1 aromatic rings. The summed E-state index contributed by atoms with van der Waals surface area (Å²) in [5.74, 6) is -2.99. The van der Waals surface area contributed by atoms with E-state index in [9.17, 15) is 22.8 Å². The number of carbonyl (C=O) groups excluding carboxylic acids is 1. The number of fused-ring (bicyclic) bond motifs is 1. The van der Waals surface area contributed by atoms with E-state index in [2.05, 4.69) is 0 Å². The number of hydrogen-bond donors (Lipinski definition) is 1. The molecule has 0 unspecified atom stereocenters. The Morgan fingerprint density at radius 3 is 2.60 bits per heavy atom. The second-order valence-electron chi connectivity index (χ2n) is 4.59. The average Bonchev–Trinajstić information content (AvgIpc) is 2.35. The van der Waals surface area contributed by atoms with E-state index in [0.29, 0.717) is 28.9 Å². The second kappa shape index (κ2) is 5.15. The summed E-state index contributed by atoms with van der Waals surface area (Å²) in [6.07, 6.45) is -4.20. The summed E-state index contributed by atoms with van der Waals surface area (Å²) in [7, 11) is 0. The number of nitrogens with zero attached hydrogens (tertiary/aromatic N) is 1. The number of benzene rings is 1. The minimum atomic E-state index is -4.93. The van der Waals surface area contributed by atoms with Crippen LogP contribution in [0, 0.1) is 0 Å². The van der Waals surface area contributed by atoms with E-state index in [1.807, 2.05) is 0 Å². The number of carboxylic acid groups (broad SMARTS) is 1. The maximum atomic E-state index is 12.6. The van der Waals surface area contributed by atoms with E-state index in [1.54, 1.807) is 12.1 Å². The first-order valence-electron chi connectivity index (χ1n) is 6.01. The smallest absolute Gasteiger partial charge is 0.471 e. The molecule has 0 radical (unpaired) electrons. The third kappa shape index (κ3) is 2.92. The van der Waals surface area contributed by atoms with Crippen molar-refractivity contribution >= 4 is 17.6 Å². The maximum absolute atomic E-state index is 12.6. The Morgan fingerprint density at radius 2 is 2.00 bits per heavy atom. The van der Waals surface area contributed by atoms with Crippen molar-refractivity contribution in [2.45, 2.75) is 25.4 Å². The van der Waals surface area contributed by atoms with Gasteiger partial charge in [-0.3, -0.25) is 9.59 Å².